The van der Waals surface area contributed by atoms with Gasteiger partial charge in [0.05, 0.1) is 11.8 Å². The fourth-order valence-corrected chi connectivity index (χ4v) is 2.41. The topological polar surface area (TPSA) is 62.6 Å². The molecule has 0 aliphatic heterocycles. The van der Waals surface area contributed by atoms with Crippen molar-refractivity contribution in [1.29, 1.82) is 0 Å². The first-order valence-electron chi connectivity index (χ1n) is 8.08. The molecule has 24 heavy (non-hydrogen) atoms. The summed E-state index contributed by atoms with van der Waals surface area (Å²) < 4.78 is 4.96. The molecule has 1 N–H and O–H groups in total. The number of rotatable bonds is 6. The lowest BCUT2D eigenvalue weighted by atomic mass is 10.1. The molecule has 1 aromatic carbocycles. The predicted molar refractivity (Wildman–Crippen MR) is 94.0 cm³/mol. The smallest absolute Gasteiger partial charge is 0.257 e. The van der Waals surface area contributed by atoms with E-state index in [4.69, 9.17) is 4.42 Å². The first-order chi connectivity index (χ1) is 11.4. The second kappa shape index (κ2) is 7.81. The molecule has 0 atom stereocenters. The summed E-state index contributed by atoms with van der Waals surface area (Å²) in [6.07, 6.45) is 3.14. The molecule has 0 bridgehead atoms. The number of carbonyl (C=O) groups excluding carboxylic acids is 2. The van der Waals surface area contributed by atoms with Gasteiger partial charge in [0.25, 0.3) is 5.91 Å². The van der Waals surface area contributed by atoms with Crippen molar-refractivity contribution < 1.29 is 14.0 Å². The maximum atomic E-state index is 12.4. The molecule has 2 amide bonds. The fraction of sp³-hybridized carbons (Fsp3) is 0.368. The Morgan fingerprint density at radius 3 is 2.50 bits per heavy atom. The van der Waals surface area contributed by atoms with Crippen LogP contribution in [-0.2, 0) is 4.79 Å². The number of nitrogens with one attached hydrogen (secondary N) is 1. The highest BCUT2D eigenvalue weighted by Gasteiger charge is 2.20. The lowest BCUT2D eigenvalue weighted by Crippen LogP contribution is -2.38. The highest BCUT2D eigenvalue weighted by atomic mass is 16.3. The van der Waals surface area contributed by atoms with Gasteiger partial charge in [0.1, 0.15) is 6.26 Å². The number of benzene rings is 1. The maximum Gasteiger partial charge on any atom is 0.257 e. The molecule has 0 saturated heterocycles. The van der Waals surface area contributed by atoms with Gasteiger partial charge in [0, 0.05) is 24.7 Å². The molecule has 128 valence electrons. The van der Waals surface area contributed by atoms with Gasteiger partial charge in [-0.15, -0.1) is 0 Å². The van der Waals surface area contributed by atoms with Crippen molar-refractivity contribution in [3.63, 3.8) is 0 Å². The number of hydrogen-bond acceptors (Lipinski definition) is 3. The van der Waals surface area contributed by atoms with Gasteiger partial charge in [-0.3, -0.25) is 9.59 Å². The lowest BCUT2D eigenvalue weighted by Gasteiger charge is -2.26. The van der Waals surface area contributed by atoms with Gasteiger partial charge in [-0.25, -0.2) is 0 Å². The standard InChI is InChI=1S/C19H24N2O3/c1-13(2)21(19(23)16-8-10-24-12-16)9-7-18(22)20-17-6-5-14(3)15(4)11-17/h5-6,8,10-13H,7,9H2,1-4H3,(H,20,22). The minimum absolute atomic E-state index is 0.00168. The summed E-state index contributed by atoms with van der Waals surface area (Å²) in [6.45, 7) is 8.26. The van der Waals surface area contributed by atoms with E-state index in [1.165, 1.54) is 18.1 Å². The molecule has 0 fully saturated rings. The van der Waals surface area contributed by atoms with Crippen LogP contribution in [0.25, 0.3) is 0 Å². The van der Waals surface area contributed by atoms with E-state index in [2.05, 4.69) is 5.32 Å². The summed E-state index contributed by atoms with van der Waals surface area (Å²) in [7, 11) is 0. The van der Waals surface area contributed by atoms with Crippen LogP contribution in [0.2, 0.25) is 0 Å². The van der Waals surface area contributed by atoms with E-state index in [1.807, 2.05) is 45.9 Å². The van der Waals surface area contributed by atoms with Crippen LogP contribution in [0.5, 0.6) is 0 Å². The van der Waals surface area contributed by atoms with Crippen molar-refractivity contribution in [2.45, 2.75) is 40.2 Å². The molecule has 5 nitrogen and oxygen atoms in total. The first kappa shape index (κ1) is 17.8. The molecular weight excluding hydrogens is 304 g/mol. The zero-order valence-electron chi connectivity index (χ0n) is 14.6. The van der Waals surface area contributed by atoms with E-state index in [-0.39, 0.29) is 24.3 Å². The normalized spacial score (nSPS) is 10.7. The molecule has 0 spiro atoms. The number of hydrogen-bond donors (Lipinski definition) is 1. The molecule has 2 rings (SSSR count). The lowest BCUT2D eigenvalue weighted by molar-refractivity contribution is -0.116. The van der Waals surface area contributed by atoms with E-state index in [0.29, 0.717) is 12.1 Å². The van der Waals surface area contributed by atoms with Crippen LogP contribution in [0.1, 0.15) is 41.8 Å². The number of carbonyl (C=O) groups is 2. The molecule has 2 aromatic rings. The third-order valence-electron chi connectivity index (χ3n) is 4.02. The van der Waals surface area contributed by atoms with Gasteiger partial charge in [-0.2, -0.15) is 0 Å². The average Bonchev–Trinajstić information content (AvgIpc) is 3.05. The van der Waals surface area contributed by atoms with E-state index in [1.54, 1.807) is 11.0 Å². The number of anilines is 1. The highest BCUT2D eigenvalue weighted by Crippen LogP contribution is 2.15. The van der Waals surface area contributed by atoms with Crippen molar-refractivity contribution in [2.24, 2.45) is 0 Å². The van der Waals surface area contributed by atoms with Crippen molar-refractivity contribution in [2.75, 3.05) is 11.9 Å². The van der Waals surface area contributed by atoms with Crippen LogP contribution < -0.4 is 5.32 Å². The average molecular weight is 328 g/mol. The molecule has 0 radical (unpaired) electrons. The van der Waals surface area contributed by atoms with E-state index >= 15 is 0 Å². The Kier molecular flexibility index (Phi) is 5.79. The van der Waals surface area contributed by atoms with Crippen LogP contribution in [0.4, 0.5) is 5.69 Å². The zero-order chi connectivity index (χ0) is 17.7. The molecular formula is C19H24N2O3. The third kappa shape index (κ3) is 4.47. The van der Waals surface area contributed by atoms with Gasteiger partial charge < -0.3 is 14.6 Å². The minimum Gasteiger partial charge on any atom is -0.472 e. The van der Waals surface area contributed by atoms with Crippen molar-refractivity contribution in [1.82, 2.24) is 4.90 Å². The van der Waals surface area contributed by atoms with Crippen LogP contribution in [0.15, 0.2) is 41.2 Å². The zero-order valence-corrected chi connectivity index (χ0v) is 14.6. The molecule has 1 aromatic heterocycles. The summed E-state index contributed by atoms with van der Waals surface area (Å²) in [5.41, 5.74) is 3.59. The Bertz CT molecular complexity index is 705. The van der Waals surface area contributed by atoms with E-state index in [0.717, 1.165) is 11.3 Å². The Morgan fingerprint density at radius 2 is 1.92 bits per heavy atom. The Morgan fingerprint density at radius 1 is 1.17 bits per heavy atom. The van der Waals surface area contributed by atoms with Gasteiger partial charge in [-0.1, -0.05) is 6.07 Å². The number of furan rings is 1. The highest BCUT2D eigenvalue weighted by molar-refractivity contribution is 5.95. The molecule has 5 heteroatoms. The van der Waals surface area contributed by atoms with E-state index in [9.17, 15) is 9.59 Å². The summed E-state index contributed by atoms with van der Waals surface area (Å²) in [4.78, 5) is 26.3. The molecule has 0 saturated carbocycles. The quantitative estimate of drug-likeness (QED) is 0.878. The minimum atomic E-state index is -0.127. The predicted octanol–water partition coefficient (Wildman–Crippen LogP) is 3.78. The summed E-state index contributed by atoms with van der Waals surface area (Å²) in [5, 5.41) is 2.88. The van der Waals surface area contributed by atoms with Crippen molar-refractivity contribution in [3.05, 3.63) is 53.5 Å². The van der Waals surface area contributed by atoms with Crippen LogP contribution in [0.3, 0.4) is 0 Å². The molecule has 0 aliphatic rings. The van der Waals surface area contributed by atoms with Crippen molar-refractivity contribution in [3.8, 4) is 0 Å². The Balaban J connectivity index is 1.95. The molecule has 0 aliphatic carbocycles. The Labute approximate surface area is 142 Å². The fourth-order valence-electron chi connectivity index (χ4n) is 2.41. The summed E-state index contributed by atoms with van der Waals surface area (Å²) >= 11 is 0. The SMILES string of the molecule is Cc1ccc(NC(=O)CCN(C(=O)c2ccoc2)C(C)C)cc1C. The second-order valence-corrected chi connectivity index (χ2v) is 6.20. The summed E-state index contributed by atoms with van der Waals surface area (Å²) in [5.74, 6) is -0.235. The molecule has 1 heterocycles. The van der Waals surface area contributed by atoms with Gasteiger partial charge in [-0.05, 0) is 57.0 Å². The van der Waals surface area contributed by atoms with Crippen molar-refractivity contribution >= 4 is 17.5 Å². The Hall–Kier alpha value is -2.56. The van der Waals surface area contributed by atoms with Crippen LogP contribution >= 0.6 is 0 Å². The first-order valence-corrected chi connectivity index (χ1v) is 8.08. The number of amides is 2. The second-order valence-electron chi connectivity index (χ2n) is 6.20. The number of aryl methyl sites for hydroxylation is 2. The largest absolute Gasteiger partial charge is 0.472 e. The third-order valence-corrected chi connectivity index (χ3v) is 4.02. The van der Waals surface area contributed by atoms with Crippen LogP contribution in [0, 0.1) is 13.8 Å². The van der Waals surface area contributed by atoms with E-state index < -0.39 is 0 Å². The monoisotopic (exact) mass is 328 g/mol. The number of nitrogens with zero attached hydrogens (tertiary/aromatic N) is 1. The molecule has 0 unspecified atom stereocenters. The van der Waals surface area contributed by atoms with Crippen LogP contribution in [-0.4, -0.2) is 29.3 Å². The maximum absolute atomic E-state index is 12.4. The summed E-state index contributed by atoms with van der Waals surface area (Å²) in [6, 6.07) is 7.45. The van der Waals surface area contributed by atoms with Gasteiger partial charge in [0.2, 0.25) is 5.91 Å². The van der Waals surface area contributed by atoms with Gasteiger partial charge >= 0.3 is 0 Å². The van der Waals surface area contributed by atoms with Gasteiger partial charge in [0.15, 0.2) is 0 Å².